The van der Waals surface area contributed by atoms with Crippen LogP contribution in [0.5, 0.6) is 0 Å². The Balaban J connectivity index is 0.944. The van der Waals surface area contributed by atoms with Crippen LogP contribution in [0.4, 0.5) is 5.69 Å². The Bertz CT molecular complexity index is 2120. The molecule has 1 aliphatic heterocycles. The fraction of sp³-hybridized carbons (Fsp3) is 0.150. The fourth-order valence-electron chi connectivity index (χ4n) is 6.94. The van der Waals surface area contributed by atoms with Gasteiger partial charge in [-0.1, -0.05) is 97.2 Å². The lowest BCUT2D eigenvalue weighted by molar-refractivity contribution is 0.723. The average Bonchev–Trinajstić information content (AvgIpc) is 3.53. The van der Waals surface area contributed by atoms with Crippen LogP contribution in [0.25, 0.3) is 52.7 Å². The molecule has 0 spiro atoms. The maximum absolute atomic E-state index is 4.72. The van der Waals surface area contributed by atoms with Gasteiger partial charge in [0.05, 0.1) is 17.4 Å². The highest BCUT2D eigenvalue weighted by Crippen LogP contribution is 2.43. The van der Waals surface area contributed by atoms with Gasteiger partial charge in [0.25, 0.3) is 0 Å². The molecule has 214 valence electrons. The average molecular weight is 571 g/mol. The van der Waals surface area contributed by atoms with Crippen molar-refractivity contribution in [3.05, 3.63) is 142 Å². The molecular weight excluding hydrogens is 536 g/mol. The summed E-state index contributed by atoms with van der Waals surface area (Å²) in [5.74, 6) is 0.789. The van der Waals surface area contributed by atoms with Crippen LogP contribution in [0.3, 0.4) is 0 Å². The zero-order valence-electron chi connectivity index (χ0n) is 25.0. The van der Waals surface area contributed by atoms with E-state index in [0.717, 1.165) is 28.9 Å². The van der Waals surface area contributed by atoms with Crippen molar-refractivity contribution in [1.29, 1.82) is 0 Å². The molecule has 4 nitrogen and oxygen atoms in total. The summed E-state index contributed by atoms with van der Waals surface area (Å²) in [6.45, 7) is 0. The normalized spacial score (nSPS) is 20.1. The lowest BCUT2D eigenvalue weighted by Crippen LogP contribution is -2.31. The molecular formula is C40H34N4. The van der Waals surface area contributed by atoms with E-state index in [2.05, 4.69) is 145 Å². The molecule has 3 unspecified atom stereocenters. The van der Waals surface area contributed by atoms with Gasteiger partial charge in [-0.25, -0.2) is 0 Å². The highest BCUT2D eigenvalue weighted by molar-refractivity contribution is 5.83. The van der Waals surface area contributed by atoms with Crippen LogP contribution in [-0.4, -0.2) is 27.6 Å². The van der Waals surface area contributed by atoms with Gasteiger partial charge in [-0.2, -0.15) is 0 Å². The van der Waals surface area contributed by atoms with Crippen molar-refractivity contribution in [3.63, 3.8) is 0 Å². The second-order valence-corrected chi connectivity index (χ2v) is 12.0. The lowest BCUT2D eigenvalue weighted by Gasteiger charge is -2.23. The van der Waals surface area contributed by atoms with Crippen molar-refractivity contribution >= 4 is 47.0 Å². The topological polar surface area (TPSA) is 34.0 Å². The Hall–Kier alpha value is -5.22. The second-order valence-electron chi connectivity index (χ2n) is 12.0. The number of anilines is 1. The number of benzene rings is 2. The molecule has 2 aliphatic carbocycles. The van der Waals surface area contributed by atoms with E-state index in [1.165, 1.54) is 38.3 Å². The molecule has 0 amide bonds. The number of nitrogens with zero attached hydrogens (tertiary/aromatic N) is 4. The SMILES string of the molecule is CN1c2ccc(/C=C/c3ccc(-c4ccc(/C=C/C5C=c6c(n(C)c7ccccc67)=CC5)cn4)nc3)cc2C2C=CC=CC21. The van der Waals surface area contributed by atoms with Crippen LogP contribution in [-0.2, 0) is 7.05 Å². The first-order valence-electron chi connectivity index (χ1n) is 15.4. The predicted molar refractivity (Wildman–Crippen MR) is 184 cm³/mol. The summed E-state index contributed by atoms with van der Waals surface area (Å²) in [6, 6.07) is 24.2. The Morgan fingerprint density at radius 3 is 2.30 bits per heavy atom. The predicted octanol–water partition coefficient (Wildman–Crippen LogP) is 7.13. The summed E-state index contributed by atoms with van der Waals surface area (Å²) in [4.78, 5) is 11.8. The van der Waals surface area contributed by atoms with Crippen LogP contribution >= 0.6 is 0 Å². The smallest absolute Gasteiger partial charge is 0.0886 e. The third-order valence-corrected chi connectivity index (χ3v) is 9.34. The van der Waals surface area contributed by atoms with Crippen LogP contribution in [0.2, 0.25) is 0 Å². The molecule has 8 rings (SSSR count). The van der Waals surface area contributed by atoms with Gasteiger partial charge in [-0.15, -0.1) is 0 Å². The number of hydrogen-bond acceptors (Lipinski definition) is 3. The summed E-state index contributed by atoms with van der Waals surface area (Å²) in [5, 5.41) is 3.98. The first kappa shape index (κ1) is 26.4. The molecule has 0 saturated heterocycles. The van der Waals surface area contributed by atoms with Gasteiger partial charge in [-0.05, 0) is 64.9 Å². The van der Waals surface area contributed by atoms with E-state index >= 15 is 0 Å². The van der Waals surface area contributed by atoms with E-state index in [1.54, 1.807) is 0 Å². The van der Waals surface area contributed by atoms with Gasteiger partial charge in [-0.3, -0.25) is 9.97 Å². The first-order valence-corrected chi connectivity index (χ1v) is 15.4. The Morgan fingerprint density at radius 1 is 0.773 bits per heavy atom. The zero-order chi connectivity index (χ0) is 29.6. The van der Waals surface area contributed by atoms with E-state index in [4.69, 9.17) is 9.97 Å². The maximum atomic E-state index is 4.72. The van der Waals surface area contributed by atoms with Gasteiger partial charge in [0.1, 0.15) is 0 Å². The number of allylic oxidation sites excluding steroid dienone is 3. The molecule has 4 heterocycles. The largest absolute Gasteiger partial charge is 0.367 e. The monoisotopic (exact) mass is 570 g/mol. The van der Waals surface area contributed by atoms with E-state index in [-0.39, 0.29) is 0 Å². The molecule has 0 bridgehead atoms. The molecule has 0 fully saturated rings. The molecule has 4 heteroatoms. The molecule has 0 radical (unpaired) electrons. The molecule has 3 aliphatic rings. The highest BCUT2D eigenvalue weighted by Gasteiger charge is 2.34. The van der Waals surface area contributed by atoms with Crippen molar-refractivity contribution < 1.29 is 0 Å². The number of aryl methyl sites for hydroxylation is 1. The zero-order valence-corrected chi connectivity index (χ0v) is 25.0. The molecule has 2 aromatic carbocycles. The van der Waals surface area contributed by atoms with E-state index < -0.39 is 0 Å². The minimum atomic E-state index is 0.367. The number of rotatable bonds is 5. The minimum absolute atomic E-state index is 0.367. The number of hydrogen-bond donors (Lipinski definition) is 0. The highest BCUT2D eigenvalue weighted by atomic mass is 15.2. The van der Waals surface area contributed by atoms with E-state index in [9.17, 15) is 0 Å². The molecule has 3 aromatic heterocycles. The first-order chi connectivity index (χ1) is 21.6. The third kappa shape index (κ3) is 4.64. The van der Waals surface area contributed by atoms with Crippen LogP contribution < -0.4 is 15.5 Å². The summed E-state index contributed by atoms with van der Waals surface area (Å²) < 4.78 is 2.30. The summed E-state index contributed by atoms with van der Waals surface area (Å²) in [6.07, 6.45) is 27.3. The standard InChI is InChI=1S/C40H34N4/c1-43-37-9-5-3-7-31(37)33-23-27(17-21-39(33)43)11-13-29-15-19-35(41-25-29)36-20-16-30(26-42-36)14-12-28-18-22-40-34(24-28)32-8-4-6-10-38(32)44(40)2/h3-17,19-26,28,31,37H,18H2,1-2H3/b13-11+,14-12+. The second kappa shape index (κ2) is 10.8. The quantitative estimate of drug-likeness (QED) is 0.226. The van der Waals surface area contributed by atoms with Crippen LogP contribution in [0.1, 0.15) is 34.6 Å². The third-order valence-electron chi connectivity index (χ3n) is 9.34. The Kier molecular flexibility index (Phi) is 6.48. The lowest BCUT2D eigenvalue weighted by atomic mass is 9.90. The van der Waals surface area contributed by atoms with E-state index in [0.29, 0.717) is 17.9 Å². The number of fused-ring (bicyclic) bond motifs is 6. The Labute approximate surface area is 258 Å². The van der Waals surface area contributed by atoms with Crippen molar-refractivity contribution in [1.82, 2.24) is 14.5 Å². The van der Waals surface area contributed by atoms with Crippen LogP contribution in [0.15, 0.2) is 110 Å². The van der Waals surface area contributed by atoms with Crippen molar-refractivity contribution in [2.45, 2.75) is 18.4 Å². The van der Waals surface area contributed by atoms with E-state index in [1.807, 2.05) is 18.5 Å². The number of aromatic nitrogens is 3. The van der Waals surface area contributed by atoms with Crippen LogP contribution in [0, 0.1) is 5.92 Å². The Morgan fingerprint density at radius 2 is 1.50 bits per heavy atom. The molecule has 0 saturated carbocycles. The van der Waals surface area contributed by atoms with Crippen molar-refractivity contribution in [2.75, 3.05) is 11.9 Å². The fourth-order valence-corrected chi connectivity index (χ4v) is 6.94. The maximum Gasteiger partial charge on any atom is 0.0886 e. The summed E-state index contributed by atoms with van der Waals surface area (Å²) in [7, 11) is 4.34. The number of pyridine rings is 2. The van der Waals surface area contributed by atoms with Crippen molar-refractivity contribution in [2.24, 2.45) is 13.0 Å². The minimum Gasteiger partial charge on any atom is -0.367 e. The van der Waals surface area contributed by atoms with Gasteiger partial charge in [0.15, 0.2) is 0 Å². The summed E-state index contributed by atoms with van der Waals surface area (Å²) >= 11 is 0. The number of likely N-dealkylation sites (N-methyl/N-ethyl adjacent to an activating group) is 1. The van der Waals surface area contributed by atoms with Crippen molar-refractivity contribution in [3.8, 4) is 11.4 Å². The van der Waals surface area contributed by atoms with Gasteiger partial charge >= 0.3 is 0 Å². The van der Waals surface area contributed by atoms with Gasteiger partial charge in [0.2, 0.25) is 0 Å². The van der Waals surface area contributed by atoms with Gasteiger partial charge < -0.3 is 9.47 Å². The van der Waals surface area contributed by atoms with Gasteiger partial charge in [0, 0.05) is 59.6 Å². The molecule has 5 aromatic rings. The number of para-hydroxylation sites is 1. The molecule has 3 atom stereocenters. The summed E-state index contributed by atoms with van der Waals surface area (Å²) in [5.41, 5.74) is 9.12. The molecule has 44 heavy (non-hydrogen) atoms. The molecule has 0 N–H and O–H groups in total.